The normalized spacial score (nSPS) is 13.2. The summed E-state index contributed by atoms with van der Waals surface area (Å²) in [5.41, 5.74) is 4.49. The lowest BCUT2D eigenvalue weighted by Crippen LogP contribution is -2.48. The van der Waals surface area contributed by atoms with Crippen molar-refractivity contribution in [1.82, 2.24) is 14.7 Å². The zero-order valence-corrected chi connectivity index (χ0v) is 22.1. The molecule has 1 aliphatic rings. The fourth-order valence-electron chi connectivity index (χ4n) is 4.61. The summed E-state index contributed by atoms with van der Waals surface area (Å²) in [6.07, 6.45) is 0. The van der Waals surface area contributed by atoms with Crippen LogP contribution in [0.4, 0.5) is 5.69 Å². The zero-order valence-electron chi connectivity index (χ0n) is 21.4. The number of hydrogen-bond acceptors (Lipinski definition) is 6. The third-order valence-corrected chi connectivity index (χ3v) is 6.93. The Morgan fingerprint density at radius 1 is 0.974 bits per heavy atom. The summed E-state index contributed by atoms with van der Waals surface area (Å²) in [5, 5.41) is 14.1. The molecule has 196 valence electrons. The molecule has 1 fully saturated rings. The predicted molar refractivity (Wildman–Crippen MR) is 149 cm³/mol. The average Bonchev–Trinajstić information content (AvgIpc) is 3.43. The molecule has 1 saturated heterocycles. The first kappa shape index (κ1) is 26.0. The maximum absolute atomic E-state index is 12.9. The van der Waals surface area contributed by atoms with Crippen molar-refractivity contribution >= 4 is 29.2 Å². The van der Waals surface area contributed by atoms with Crippen LogP contribution < -0.4 is 4.90 Å². The molecule has 0 aliphatic carbocycles. The van der Waals surface area contributed by atoms with Crippen LogP contribution in [0.1, 0.15) is 33.3 Å². The van der Waals surface area contributed by atoms with E-state index >= 15 is 0 Å². The molecule has 0 saturated carbocycles. The molecule has 0 radical (unpaired) electrons. The van der Waals surface area contributed by atoms with Crippen molar-refractivity contribution < 1.29 is 14.3 Å². The highest BCUT2D eigenvalue weighted by molar-refractivity contribution is 6.32. The lowest BCUT2D eigenvalue weighted by molar-refractivity contribution is 0.0518. The minimum absolute atomic E-state index is 0.0627. The Morgan fingerprint density at radius 2 is 1.72 bits per heavy atom. The van der Waals surface area contributed by atoms with Crippen molar-refractivity contribution in [1.29, 1.82) is 5.26 Å². The summed E-state index contributed by atoms with van der Waals surface area (Å²) in [7, 11) is 0. The molecule has 5 rings (SSSR count). The van der Waals surface area contributed by atoms with Gasteiger partial charge in [-0.25, -0.2) is 9.48 Å². The number of anilines is 1. The molecule has 3 aromatic carbocycles. The van der Waals surface area contributed by atoms with Gasteiger partial charge in [-0.15, -0.1) is 0 Å². The van der Waals surface area contributed by atoms with E-state index in [1.165, 1.54) is 0 Å². The highest BCUT2D eigenvalue weighted by Gasteiger charge is 2.23. The second-order valence-corrected chi connectivity index (χ2v) is 9.42. The summed E-state index contributed by atoms with van der Waals surface area (Å²) < 4.78 is 6.83. The monoisotopic (exact) mass is 539 g/mol. The molecule has 8 nitrogen and oxygen atoms in total. The number of para-hydroxylation sites is 1. The fourth-order valence-corrected chi connectivity index (χ4v) is 4.83. The van der Waals surface area contributed by atoms with Crippen LogP contribution in [0.15, 0.2) is 78.9 Å². The molecular formula is C30H26ClN5O3. The lowest BCUT2D eigenvalue weighted by atomic mass is 10.1. The molecule has 1 aliphatic heterocycles. The Balaban J connectivity index is 1.34. The molecule has 0 bridgehead atoms. The van der Waals surface area contributed by atoms with Gasteiger partial charge in [0.2, 0.25) is 0 Å². The van der Waals surface area contributed by atoms with Gasteiger partial charge in [-0.3, -0.25) is 4.79 Å². The number of carbonyl (C=O) groups excluding carboxylic acids is 2. The first-order chi connectivity index (χ1) is 19.0. The SMILES string of the molecule is CCOC(=O)c1cc(-c2ccc(N3CCN(C(=O)c4cccc(C#N)c4)CC3)cc2)n(-c2ccccc2Cl)n1. The lowest BCUT2D eigenvalue weighted by Gasteiger charge is -2.36. The quantitative estimate of drug-likeness (QED) is 0.313. The maximum Gasteiger partial charge on any atom is 0.358 e. The molecule has 0 N–H and O–H groups in total. The third kappa shape index (κ3) is 5.49. The first-order valence-corrected chi connectivity index (χ1v) is 13.0. The molecule has 1 aromatic heterocycles. The number of rotatable bonds is 6. The molecule has 1 amide bonds. The predicted octanol–water partition coefficient (Wildman–Crippen LogP) is 5.20. The van der Waals surface area contributed by atoms with Gasteiger partial charge in [-0.05, 0) is 55.5 Å². The highest BCUT2D eigenvalue weighted by Crippen LogP contribution is 2.30. The number of halogens is 1. The van der Waals surface area contributed by atoms with Crippen molar-refractivity contribution in [3.63, 3.8) is 0 Å². The van der Waals surface area contributed by atoms with Crippen LogP contribution >= 0.6 is 11.6 Å². The Labute approximate surface area is 231 Å². The number of benzene rings is 3. The van der Waals surface area contributed by atoms with Crippen molar-refractivity contribution in [3.8, 4) is 23.0 Å². The standard InChI is InChI=1S/C30H26ClN5O3/c1-2-39-30(38)26-19-28(36(33-26)27-9-4-3-8-25(27)31)22-10-12-24(13-11-22)34-14-16-35(17-15-34)29(37)23-7-5-6-21(18-23)20-32/h3-13,18-19H,2,14-17H2,1H3. The van der Waals surface area contributed by atoms with Gasteiger partial charge >= 0.3 is 5.97 Å². The average molecular weight is 540 g/mol. The maximum atomic E-state index is 12.9. The van der Waals surface area contributed by atoms with E-state index in [0.29, 0.717) is 53.7 Å². The van der Waals surface area contributed by atoms with E-state index in [1.54, 1.807) is 48.0 Å². The molecule has 39 heavy (non-hydrogen) atoms. The first-order valence-electron chi connectivity index (χ1n) is 12.7. The molecule has 0 unspecified atom stereocenters. The number of hydrogen-bond donors (Lipinski definition) is 0. The minimum atomic E-state index is -0.493. The van der Waals surface area contributed by atoms with Gasteiger partial charge in [0.1, 0.15) is 0 Å². The summed E-state index contributed by atoms with van der Waals surface area (Å²) in [4.78, 5) is 29.4. The summed E-state index contributed by atoms with van der Waals surface area (Å²) in [6, 6.07) is 25.9. The van der Waals surface area contributed by atoms with Gasteiger partial charge in [0.15, 0.2) is 5.69 Å². The molecule has 2 heterocycles. The van der Waals surface area contributed by atoms with Crippen LogP contribution in [0.3, 0.4) is 0 Å². The van der Waals surface area contributed by atoms with Gasteiger partial charge in [-0.2, -0.15) is 10.4 Å². The number of aromatic nitrogens is 2. The number of nitrogens with zero attached hydrogens (tertiary/aromatic N) is 5. The van der Waals surface area contributed by atoms with Crippen LogP contribution in [0, 0.1) is 11.3 Å². The van der Waals surface area contributed by atoms with E-state index in [0.717, 1.165) is 11.3 Å². The van der Waals surface area contributed by atoms with E-state index in [1.807, 2.05) is 47.4 Å². The number of piperazine rings is 1. The number of carbonyl (C=O) groups is 2. The van der Waals surface area contributed by atoms with Crippen molar-refractivity contribution in [2.75, 3.05) is 37.7 Å². The van der Waals surface area contributed by atoms with E-state index in [9.17, 15) is 9.59 Å². The van der Waals surface area contributed by atoms with Gasteiger partial charge in [-0.1, -0.05) is 41.9 Å². The van der Waals surface area contributed by atoms with E-state index in [-0.39, 0.29) is 18.2 Å². The molecular weight excluding hydrogens is 514 g/mol. The second-order valence-electron chi connectivity index (χ2n) is 9.02. The second kappa shape index (κ2) is 11.4. The van der Waals surface area contributed by atoms with Crippen LogP contribution in [0.2, 0.25) is 5.02 Å². The van der Waals surface area contributed by atoms with Crippen molar-refractivity contribution in [2.45, 2.75) is 6.92 Å². The topological polar surface area (TPSA) is 91.5 Å². The van der Waals surface area contributed by atoms with E-state index in [4.69, 9.17) is 21.6 Å². The molecule has 0 spiro atoms. The van der Waals surface area contributed by atoms with Gasteiger partial charge in [0.25, 0.3) is 5.91 Å². The van der Waals surface area contributed by atoms with Crippen LogP contribution in [0.5, 0.6) is 0 Å². The van der Waals surface area contributed by atoms with Gasteiger partial charge in [0, 0.05) is 43.0 Å². The molecule has 0 atom stereocenters. The number of amides is 1. The molecule has 9 heteroatoms. The van der Waals surface area contributed by atoms with Gasteiger partial charge < -0.3 is 14.5 Å². The fraction of sp³-hybridized carbons (Fsp3) is 0.200. The molecule has 4 aromatic rings. The van der Waals surface area contributed by atoms with E-state index < -0.39 is 5.97 Å². The Hall–Kier alpha value is -4.61. The number of nitriles is 1. The van der Waals surface area contributed by atoms with Crippen LogP contribution in [-0.2, 0) is 4.74 Å². The largest absolute Gasteiger partial charge is 0.461 e. The zero-order chi connectivity index (χ0) is 27.4. The highest BCUT2D eigenvalue weighted by atomic mass is 35.5. The number of ether oxygens (including phenoxy) is 1. The summed E-state index contributed by atoms with van der Waals surface area (Å²) in [6.45, 7) is 4.55. The van der Waals surface area contributed by atoms with Crippen LogP contribution in [0.25, 0.3) is 16.9 Å². The van der Waals surface area contributed by atoms with Crippen molar-refractivity contribution in [3.05, 3.63) is 101 Å². The smallest absolute Gasteiger partial charge is 0.358 e. The van der Waals surface area contributed by atoms with Crippen LogP contribution in [-0.4, -0.2) is 59.3 Å². The summed E-state index contributed by atoms with van der Waals surface area (Å²) >= 11 is 6.46. The van der Waals surface area contributed by atoms with E-state index in [2.05, 4.69) is 16.1 Å². The number of esters is 1. The van der Waals surface area contributed by atoms with Gasteiger partial charge in [0.05, 0.1) is 34.6 Å². The summed E-state index contributed by atoms with van der Waals surface area (Å²) in [5.74, 6) is -0.555. The third-order valence-electron chi connectivity index (χ3n) is 6.61. The Kier molecular flexibility index (Phi) is 7.62. The Bertz CT molecular complexity index is 1550. The van der Waals surface area contributed by atoms with Crippen molar-refractivity contribution in [2.24, 2.45) is 0 Å². The Morgan fingerprint density at radius 3 is 2.41 bits per heavy atom. The minimum Gasteiger partial charge on any atom is -0.461 e.